The van der Waals surface area contributed by atoms with Gasteiger partial charge in [-0.05, 0) is 105 Å². The van der Waals surface area contributed by atoms with Gasteiger partial charge in [0.15, 0.2) is 18.2 Å². The zero-order valence-electron chi connectivity index (χ0n) is 41.0. The molecule has 6 heterocycles. The topological polar surface area (TPSA) is 241 Å². The van der Waals surface area contributed by atoms with Gasteiger partial charge in [0.2, 0.25) is 0 Å². The second kappa shape index (κ2) is 20.8. The molecule has 378 valence electrons. The van der Waals surface area contributed by atoms with E-state index in [1.54, 1.807) is 18.5 Å². The maximum absolute atomic E-state index is 17.4. The van der Waals surface area contributed by atoms with E-state index in [1.165, 1.54) is 42.5 Å². The summed E-state index contributed by atoms with van der Waals surface area (Å²) in [5.41, 5.74) is -0.246. The average Bonchev–Trinajstić information content (AvgIpc) is 4.04. The third-order valence-electron chi connectivity index (χ3n) is 14.0. The quantitative estimate of drug-likeness (QED) is 0.103. The number of methoxy groups -OCH3 is 1. The highest BCUT2D eigenvalue weighted by molar-refractivity contribution is 7.21. The van der Waals surface area contributed by atoms with Gasteiger partial charge in [0.05, 0.1) is 34.2 Å². The number of rotatable bonds is 12. The van der Waals surface area contributed by atoms with Crippen molar-refractivity contribution in [2.45, 2.75) is 153 Å². The molecule has 1 aromatic carbocycles. The standard InChI is InChI=1S/C47H67FN10O10S/c1-11-34-47(58-21-18-35(49)52-43(58)62)37(57(44(63)68-47)20-15-14-19-56-25-31(53-54-56)40-51-30-16-12-13-17-33(30)69-40)29(5)50-24-26(2)23-45(6,64-10)39(28(4)38(60)46(7,48)42(61)66-34)67-41-36(59)32(55(8)9)22-27(3)65-41/h12-13,16-18,21,25-29,32,34,36-37,39,41,50,59H,11,14-15,19-20,22-24H2,1-10H3,(H2,49,52,62)/t26-,27-,28-,29-,32?,34-,36?,37-,39-,41+,45-,46?,47-/m1/s1. The molecule has 0 bridgehead atoms. The molecule has 3 aliphatic heterocycles. The number of aliphatic hydroxyl groups excluding tert-OH is 1. The summed E-state index contributed by atoms with van der Waals surface area (Å²) in [6, 6.07) is 7.01. The molecular formula is C47H67FN10O10S. The number of likely N-dealkylation sites (N-methyl/N-ethyl adjacent to an activating group) is 1. The number of halogens is 1. The van der Waals surface area contributed by atoms with Crippen LogP contribution in [0.3, 0.4) is 0 Å². The predicted octanol–water partition coefficient (Wildman–Crippen LogP) is 4.14. The number of ether oxygens (including phenoxy) is 5. The number of hydrogen-bond donors (Lipinski definition) is 3. The number of esters is 1. The Labute approximate surface area is 405 Å². The minimum absolute atomic E-state index is 0.109. The van der Waals surface area contributed by atoms with Crippen LogP contribution >= 0.6 is 11.3 Å². The van der Waals surface area contributed by atoms with E-state index in [0.29, 0.717) is 38.0 Å². The van der Waals surface area contributed by atoms with E-state index in [0.717, 1.165) is 26.7 Å². The summed E-state index contributed by atoms with van der Waals surface area (Å²) in [6.07, 6.45) is -1.64. The first-order chi connectivity index (χ1) is 32.6. The fourth-order valence-electron chi connectivity index (χ4n) is 10.3. The summed E-state index contributed by atoms with van der Waals surface area (Å²) in [5.74, 6) is -4.51. The number of para-hydroxylation sites is 1. The van der Waals surface area contributed by atoms with Crippen LogP contribution in [0.2, 0.25) is 0 Å². The molecule has 3 aliphatic rings. The Bertz CT molecular complexity index is 2490. The van der Waals surface area contributed by atoms with Crippen molar-refractivity contribution in [3.63, 3.8) is 0 Å². The molecule has 3 aromatic heterocycles. The van der Waals surface area contributed by atoms with Gasteiger partial charge < -0.3 is 44.7 Å². The van der Waals surface area contributed by atoms with E-state index >= 15 is 4.39 Å². The van der Waals surface area contributed by atoms with Crippen LogP contribution in [0, 0.1) is 11.8 Å². The molecule has 3 saturated heterocycles. The highest BCUT2D eigenvalue weighted by Crippen LogP contribution is 2.43. The van der Waals surface area contributed by atoms with Gasteiger partial charge >= 0.3 is 17.8 Å². The van der Waals surface area contributed by atoms with Gasteiger partial charge in [-0.2, -0.15) is 4.98 Å². The van der Waals surface area contributed by atoms with Gasteiger partial charge in [-0.1, -0.05) is 38.1 Å². The first-order valence-corrected chi connectivity index (χ1v) is 24.5. The second-order valence-electron chi connectivity index (χ2n) is 19.4. The normalized spacial score (nSPS) is 34.0. The number of fused-ring (bicyclic) bond motifs is 2. The smallest absolute Gasteiger partial charge is 0.412 e. The largest absolute Gasteiger partial charge is 0.453 e. The highest BCUT2D eigenvalue weighted by atomic mass is 32.1. The number of thiazole rings is 1. The van der Waals surface area contributed by atoms with Crippen LogP contribution in [0.15, 0.2) is 47.5 Å². The lowest BCUT2D eigenvalue weighted by Gasteiger charge is -2.47. The lowest BCUT2D eigenvalue weighted by molar-refractivity contribution is -0.295. The van der Waals surface area contributed by atoms with Crippen molar-refractivity contribution in [3.8, 4) is 10.7 Å². The molecule has 22 heteroatoms. The van der Waals surface area contributed by atoms with E-state index in [2.05, 4.69) is 25.6 Å². The van der Waals surface area contributed by atoms with Gasteiger partial charge in [0.25, 0.3) is 11.4 Å². The molecule has 0 saturated carbocycles. The van der Waals surface area contributed by atoms with E-state index < -0.39 is 83.1 Å². The van der Waals surface area contributed by atoms with Gasteiger partial charge in [-0.15, -0.1) is 16.4 Å². The van der Waals surface area contributed by atoms with E-state index in [-0.39, 0.29) is 43.3 Å². The first-order valence-electron chi connectivity index (χ1n) is 23.6. The number of alkyl halides is 1. The summed E-state index contributed by atoms with van der Waals surface area (Å²) in [5, 5.41) is 24.5. The number of Topliss-reactive ketones (excluding diaryl/α,β-unsaturated/α-hetero) is 1. The number of nitrogens with zero attached hydrogens (tertiary/aromatic N) is 8. The number of ketones is 1. The molecule has 3 unspecified atom stereocenters. The molecule has 13 atom stereocenters. The minimum Gasteiger partial charge on any atom is -0.453 e. The third-order valence-corrected chi connectivity index (χ3v) is 15.0. The highest BCUT2D eigenvalue weighted by Gasteiger charge is 2.64. The monoisotopic (exact) mass is 982 g/mol. The van der Waals surface area contributed by atoms with Crippen molar-refractivity contribution >= 4 is 45.2 Å². The number of amides is 1. The fraction of sp³-hybridized carbons (Fsp3) is 0.660. The van der Waals surface area contributed by atoms with Crippen molar-refractivity contribution in [3.05, 3.63) is 53.2 Å². The summed E-state index contributed by atoms with van der Waals surface area (Å²) in [6.45, 7) is 12.1. The number of aryl methyl sites for hydroxylation is 1. The molecule has 0 spiro atoms. The lowest BCUT2D eigenvalue weighted by atomic mass is 9.78. The molecule has 0 radical (unpaired) electrons. The molecule has 3 fully saturated rings. The molecule has 69 heavy (non-hydrogen) atoms. The predicted molar refractivity (Wildman–Crippen MR) is 254 cm³/mol. The zero-order chi connectivity index (χ0) is 50.2. The van der Waals surface area contributed by atoms with Gasteiger partial charge in [0, 0.05) is 44.4 Å². The lowest BCUT2D eigenvalue weighted by Crippen LogP contribution is -2.65. The Morgan fingerprint density at radius 3 is 2.46 bits per heavy atom. The number of nitrogens with one attached hydrogen (secondary N) is 1. The molecule has 0 aliphatic carbocycles. The Kier molecular flexibility index (Phi) is 15.6. The number of unbranched alkanes of at least 4 members (excludes halogenated alkanes) is 1. The van der Waals surface area contributed by atoms with Gasteiger partial charge in [-0.3, -0.25) is 18.9 Å². The molecule has 1 amide bonds. The molecule has 4 aromatic rings. The fourth-order valence-corrected chi connectivity index (χ4v) is 11.2. The summed E-state index contributed by atoms with van der Waals surface area (Å²) >= 11 is 1.52. The number of nitrogens with two attached hydrogens (primary N) is 1. The Morgan fingerprint density at radius 1 is 1.06 bits per heavy atom. The summed E-state index contributed by atoms with van der Waals surface area (Å²) < 4.78 is 52.5. The van der Waals surface area contributed by atoms with E-state index in [4.69, 9.17) is 29.4 Å². The van der Waals surface area contributed by atoms with Gasteiger partial charge in [-0.25, -0.2) is 23.8 Å². The Morgan fingerprint density at radius 2 is 1.78 bits per heavy atom. The number of carbonyl (C=O) groups excluding carboxylic acids is 3. The van der Waals surface area contributed by atoms with Crippen molar-refractivity contribution < 1.29 is 47.6 Å². The second-order valence-corrected chi connectivity index (χ2v) is 20.5. The zero-order valence-corrected chi connectivity index (χ0v) is 41.9. The molecule has 4 N–H and O–H groups in total. The number of hydrogen-bond acceptors (Lipinski definition) is 18. The summed E-state index contributed by atoms with van der Waals surface area (Å²) in [4.78, 5) is 69.5. The number of aliphatic hydroxyl groups is 1. The van der Waals surface area contributed by atoms with Crippen molar-refractivity contribution in [1.82, 2.24) is 44.6 Å². The van der Waals surface area contributed by atoms with Crippen molar-refractivity contribution in [2.24, 2.45) is 11.8 Å². The van der Waals surface area contributed by atoms with Crippen molar-refractivity contribution in [2.75, 3.05) is 40.0 Å². The number of benzene rings is 1. The van der Waals surface area contributed by atoms with E-state index in [9.17, 15) is 24.3 Å². The van der Waals surface area contributed by atoms with E-state index in [1.807, 2.05) is 70.2 Å². The average molecular weight is 983 g/mol. The molecular weight excluding hydrogens is 916 g/mol. The summed E-state index contributed by atoms with van der Waals surface area (Å²) in [7, 11) is 5.12. The van der Waals surface area contributed by atoms with Crippen molar-refractivity contribution in [1.29, 1.82) is 0 Å². The Balaban J connectivity index is 1.22. The number of cyclic esters (lactones) is 1. The number of nitrogen functional groups attached to an aromatic ring is 1. The number of carbonyl (C=O) groups is 3. The number of anilines is 1. The van der Waals surface area contributed by atoms with Crippen LogP contribution in [0.25, 0.3) is 20.9 Å². The maximum Gasteiger partial charge on any atom is 0.412 e. The number of aromatic nitrogens is 6. The van der Waals surface area contributed by atoms with Crippen LogP contribution in [-0.2, 0) is 45.5 Å². The first kappa shape index (κ1) is 51.9. The Hall–Kier alpha value is -4.97. The van der Waals surface area contributed by atoms with Crippen LogP contribution < -0.4 is 16.7 Å². The SMILES string of the molecule is CC[C@H]1OC(=O)C(C)(F)C(=O)[C@@H](C)[C@@H](O[C@@H]2O[C@H](C)CC(N(C)C)C2O)[C@](C)(OC)C[C@@H](C)CN[C@H](C)[C@H]2N(CCCCn3cc(-c4nc5ccccc5s4)nn3)C(=O)O[C@]12n1ccc(N)nc1=O. The molecule has 7 rings (SSSR count). The van der Waals surface area contributed by atoms with Gasteiger partial charge in [0.1, 0.15) is 28.7 Å². The third kappa shape index (κ3) is 10.3. The van der Waals surface area contributed by atoms with Crippen LogP contribution in [0.1, 0.15) is 80.6 Å². The van der Waals surface area contributed by atoms with Crippen LogP contribution in [0.5, 0.6) is 0 Å². The maximum atomic E-state index is 17.4. The minimum atomic E-state index is -3.32. The van der Waals surface area contributed by atoms with Crippen LogP contribution in [-0.4, -0.2) is 157 Å². The van der Waals surface area contributed by atoms with Crippen LogP contribution in [0.4, 0.5) is 15.0 Å². The molecule has 20 nitrogen and oxygen atoms in total.